The number of hydrogen-bond acceptors (Lipinski definition) is 3. The topological polar surface area (TPSA) is 29.0 Å². The summed E-state index contributed by atoms with van der Waals surface area (Å²) in [7, 11) is 0. The van der Waals surface area contributed by atoms with Gasteiger partial charge in [0.15, 0.2) is 0 Å². The predicted molar refractivity (Wildman–Crippen MR) is 48.5 cm³/mol. The first-order valence-corrected chi connectivity index (χ1v) is 4.69. The lowest BCUT2D eigenvalue weighted by atomic mass is 10.2. The summed E-state index contributed by atoms with van der Waals surface area (Å²) in [4.78, 5) is 8.90. The Morgan fingerprint density at radius 3 is 2.53 bits per heavy atom. The van der Waals surface area contributed by atoms with Crippen molar-refractivity contribution >= 4 is 5.95 Å². The van der Waals surface area contributed by atoms with Crippen LogP contribution in [0.2, 0.25) is 0 Å². The van der Waals surface area contributed by atoms with Crippen molar-refractivity contribution in [3.63, 3.8) is 0 Å². The fourth-order valence-electron chi connectivity index (χ4n) is 1.79. The standard InChI is InChI=1S/C9H10F3N3/c10-9(11,12)7-3-1-6-15(7)8-13-4-2-5-14-8/h2,4-5,7H,1,3,6H2/t7-/m0/s1. The Kier molecular flexibility index (Phi) is 2.50. The second-order valence-corrected chi connectivity index (χ2v) is 3.44. The molecule has 1 aromatic heterocycles. The van der Waals surface area contributed by atoms with Crippen molar-refractivity contribution in [2.75, 3.05) is 11.4 Å². The van der Waals surface area contributed by atoms with Gasteiger partial charge < -0.3 is 4.90 Å². The van der Waals surface area contributed by atoms with Gasteiger partial charge in [-0.05, 0) is 18.9 Å². The van der Waals surface area contributed by atoms with Crippen LogP contribution in [0.25, 0.3) is 0 Å². The number of anilines is 1. The molecule has 0 aromatic carbocycles. The number of halogens is 3. The Morgan fingerprint density at radius 2 is 1.93 bits per heavy atom. The van der Waals surface area contributed by atoms with E-state index in [1.54, 1.807) is 6.07 Å². The van der Waals surface area contributed by atoms with E-state index in [0.29, 0.717) is 13.0 Å². The molecule has 15 heavy (non-hydrogen) atoms. The van der Waals surface area contributed by atoms with Gasteiger partial charge in [0.25, 0.3) is 0 Å². The molecule has 0 N–H and O–H groups in total. The number of aromatic nitrogens is 2. The van der Waals surface area contributed by atoms with Gasteiger partial charge in [-0.15, -0.1) is 0 Å². The van der Waals surface area contributed by atoms with Crippen LogP contribution >= 0.6 is 0 Å². The normalized spacial score (nSPS) is 22.1. The highest BCUT2D eigenvalue weighted by Crippen LogP contribution is 2.34. The highest BCUT2D eigenvalue weighted by molar-refractivity contribution is 5.33. The highest BCUT2D eigenvalue weighted by Gasteiger charge is 2.46. The van der Waals surface area contributed by atoms with Crippen LogP contribution in [0, 0.1) is 0 Å². The van der Waals surface area contributed by atoms with Crippen molar-refractivity contribution in [3.8, 4) is 0 Å². The van der Waals surface area contributed by atoms with E-state index in [2.05, 4.69) is 9.97 Å². The molecule has 0 spiro atoms. The van der Waals surface area contributed by atoms with Gasteiger partial charge in [-0.1, -0.05) is 0 Å². The van der Waals surface area contributed by atoms with Gasteiger partial charge in [0.05, 0.1) is 0 Å². The summed E-state index contributed by atoms with van der Waals surface area (Å²) in [6.07, 6.45) is -0.637. The van der Waals surface area contributed by atoms with Crippen LogP contribution < -0.4 is 4.90 Å². The Morgan fingerprint density at radius 1 is 1.27 bits per heavy atom. The molecule has 0 saturated carbocycles. The SMILES string of the molecule is FC(F)(F)[C@@H]1CCCN1c1ncccn1. The second kappa shape index (κ2) is 3.67. The molecule has 1 fully saturated rings. The van der Waals surface area contributed by atoms with Gasteiger partial charge in [0, 0.05) is 18.9 Å². The Hall–Kier alpha value is -1.33. The minimum absolute atomic E-state index is 0.127. The van der Waals surface area contributed by atoms with Gasteiger partial charge >= 0.3 is 6.18 Å². The van der Waals surface area contributed by atoms with Crippen molar-refractivity contribution in [2.45, 2.75) is 25.1 Å². The average molecular weight is 217 g/mol. The Bertz CT molecular complexity index is 325. The molecule has 1 saturated heterocycles. The van der Waals surface area contributed by atoms with E-state index in [0.717, 1.165) is 0 Å². The first kappa shape index (κ1) is 10.2. The molecule has 0 amide bonds. The molecule has 0 aliphatic carbocycles. The molecule has 82 valence electrons. The van der Waals surface area contributed by atoms with Crippen molar-refractivity contribution < 1.29 is 13.2 Å². The fourth-order valence-corrected chi connectivity index (χ4v) is 1.79. The molecule has 3 nitrogen and oxygen atoms in total. The van der Waals surface area contributed by atoms with Gasteiger partial charge in [-0.2, -0.15) is 13.2 Å². The van der Waals surface area contributed by atoms with Crippen molar-refractivity contribution in [1.82, 2.24) is 9.97 Å². The van der Waals surface area contributed by atoms with Gasteiger partial charge in [-0.3, -0.25) is 0 Å². The largest absolute Gasteiger partial charge is 0.408 e. The monoisotopic (exact) mass is 217 g/mol. The highest BCUT2D eigenvalue weighted by atomic mass is 19.4. The molecule has 2 rings (SSSR count). The lowest BCUT2D eigenvalue weighted by molar-refractivity contribution is -0.146. The average Bonchev–Trinajstić information content (AvgIpc) is 2.67. The maximum Gasteiger partial charge on any atom is 0.408 e. The minimum Gasteiger partial charge on any atom is -0.329 e. The summed E-state index contributed by atoms with van der Waals surface area (Å²) >= 11 is 0. The van der Waals surface area contributed by atoms with Crippen LogP contribution in [0.4, 0.5) is 19.1 Å². The maximum absolute atomic E-state index is 12.6. The van der Waals surface area contributed by atoms with Crippen LogP contribution in [0.1, 0.15) is 12.8 Å². The molecule has 0 bridgehead atoms. The zero-order valence-electron chi connectivity index (χ0n) is 7.91. The molecule has 1 aliphatic rings. The summed E-state index contributed by atoms with van der Waals surface area (Å²) in [5, 5.41) is 0. The molecular formula is C9H10F3N3. The third-order valence-electron chi connectivity index (χ3n) is 2.44. The van der Waals surface area contributed by atoms with E-state index in [9.17, 15) is 13.2 Å². The first-order valence-electron chi connectivity index (χ1n) is 4.69. The van der Waals surface area contributed by atoms with E-state index in [1.165, 1.54) is 17.3 Å². The van der Waals surface area contributed by atoms with Crippen molar-refractivity contribution in [2.24, 2.45) is 0 Å². The molecule has 1 atom stereocenters. The first-order chi connectivity index (χ1) is 7.09. The van der Waals surface area contributed by atoms with E-state index in [-0.39, 0.29) is 12.4 Å². The number of nitrogens with zero attached hydrogens (tertiary/aromatic N) is 3. The van der Waals surface area contributed by atoms with Gasteiger partial charge in [0.2, 0.25) is 5.95 Å². The summed E-state index contributed by atoms with van der Waals surface area (Å²) in [6, 6.07) is 0.155. The predicted octanol–water partition coefficient (Wildman–Crippen LogP) is 2.01. The summed E-state index contributed by atoms with van der Waals surface area (Å²) in [5.41, 5.74) is 0. The molecule has 0 unspecified atom stereocenters. The van der Waals surface area contributed by atoms with Crippen LogP contribution in [0.5, 0.6) is 0 Å². The van der Waals surface area contributed by atoms with Gasteiger partial charge in [0.1, 0.15) is 6.04 Å². The minimum atomic E-state index is -4.20. The molecule has 1 aromatic rings. The zero-order valence-corrected chi connectivity index (χ0v) is 7.91. The fraction of sp³-hybridized carbons (Fsp3) is 0.556. The molecule has 6 heteroatoms. The quantitative estimate of drug-likeness (QED) is 0.720. The van der Waals surface area contributed by atoms with E-state index >= 15 is 0 Å². The molecule has 1 aliphatic heterocycles. The lowest BCUT2D eigenvalue weighted by Crippen LogP contribution is -2.42. The second-order valence-electron chi connectivity index (χ2n) is 3.44. The zero-order chi connectivity index (χ0) is 10.9. The number of rotatable bonds is 1. The van der Waals surface area contributed by atoms with Crippen LogP contribution in [0.3, 0.4) is 0 Å². The van der Waals surface area contributed by atoms with Crippen molar-refractivity contribution in [1.29, 1.82) is 0 Å². The summed E-state index contributed by atoms with van der Waals surface area (Å²) in [5.74, 6) is 0.164. The Labute approximate surface area is 84.9 Å². The molecule has 2 heterocycles. The van der Waals surface area contributed by atoms with E-state index in [4.69, 9.17) is 0 Å². The van der Waals surface area contributed by atoms with Crippen LogP contribution in [-0.4, -0.2) is 28.7 Å². The van der Waals surface area contributed by atoms with Crippen LogP contribution in [-0.2, 0) is 0 Å². The van der Waals surface area contributed by atoms with Crippen LogP contribution in [0.15, 0.2) is 18.5 Å². The van der Waals surface area contributed by atoms with Gasteiger partial charge in [-0.25, -0.2) is 9.97 Å². The lowest BCUT2D eigenvalue weighted by Gasteiger charge is -2.26. The number of hydrogen-bond donors (Lipinski definition) is 0. The third kappa shape index (κ3) is 2.03. The number of alkyl halides is 3. The smallest absolute Gasteiger partial charge is 0.329 e. The third-order valence-corrected chi connectivity index (χ3v) is 2.44. The maximum atomic E-state index is 12.6. The molecular weight excluding hydrogens is 207 g/mol. The van der Waals surface area contributed by atoms with E-state index < -0.39 is 12.2 Å². The van der Waals surface area contributed by atoms with Crippen molar-refractivity contribution in [3.05, 3.63) is 18.5 Å². The summed E-state index contributed by atoms with van der Waals surface area (Å²) < 4.78 is 37.8. The summed E-state index contributed by atoms with van der Waals surface area (Å²) in [6.45, 7) is 0.369. The van der Waals surface area contributed by atoms with E-state index in [1.807, 2.05) is 0 Å². The Balaban J connectivity index is 2.23. The molecule has 0 radical (unpaired) electrons.